The number of carbonyl (C=O) groups excluding carboxylic acids is 2. The lowest BCUT2D eigenvalue weighted by atomic mass is 9.91. The number of hydrogen-bond acceptors (Lipinski definition) is 4. The Morgan fingerprint density at radius 2 is 1.44 bits per heavy atom. The number of methoxy groups -OCH3 is 1. The number of rotatable bonds is 9. The van der Waals surface area contributed by atoms with Gasteiger partial charge in [-0.1, -0.05) is 72.8 Å². The molecule has 1 saturated carbocycles. The van der Waals surface area contributed by atoms with Crippen molar-refractivity contribution in [3.8, 4) is 5.75 Å². The largest absolute Gasteiger partial charge is 0.497 e. The molecule has 0 atom stereocenters. The second kappa shape index (κ2) is 10.1. The third-order valence-corrected chi connectivity index (χ3v) is 5.66. The van der Waals surface area contributed by atoms with Crippen LogP contribution in [-0.4, -0.2) is 36.5 Å². The van der Waals surface area contributed by atoms with Crippen molar-refractivity contribution in [1.82, 2.24) is 4.90 Å². The van der Waals surface area contributed by atoms with Gasteiger partial charge < -0.3 is 14.4 Å². The van der Waals surface area contributed by atoms with E-state index in [0.717, 1.165) is 35.3 Å². The zero-order valence-electron chi connectivity index (χ0n) is 18.1. The standard InChI is InChI=1S/C27H27NO4/c1-31-24-16-12-20(13-17-24)18-28(23-14-15-23)25(29)19-32-27(30)26(21-8-4-2-5-9-21)22-10-6-3-7-11-22/h2-13,16-17,23,26H,14-15,18-19H2,1H3. The van der Waals surface area contributed by atoms with Gasteiger partial charge >= 0.3 is 5.97 Å². The van der Waals surface area contributed by atoms with Crippen LogP contribution in [0.5, 0.6) is 5.75 Å². The molecule has 0 saturated heterocycles. The van der Waals surface area contributed by atoms with E-state index in [9.17, 15) is 9.59 Å². The van der Waals surface area contributed by atoms with Crippen molar-refractivity contribution in [2.75, 3.05) is 13.7 Å². The molecule has 3 aromatic rings. The molecule has 1 aliphatic rings. The Morgan fingerprint density at radius 1 is 0.875 bits per heavy atom. The van der Waals surface area contributed by atoms with Crippen LogP contribution in [0.3, 0.4) is 0 Å². The first-order valence-corrected chi connectivity index (χ1v) is 10.8. The van der Waals surface area contributed by atoms with Gasteiger partial charge in [0, 0.05) is 12.6 Å². The topological polar surface area (TPSA) is 55.8 Å². The van der Waals surface area contributed by atoms with E-state index in [1.54, 1.807) is 7.11 Å². The van der Waals surface area contributed by atoms with Crippen molar-refractivity contribution in [3.63, 3.8) is 0 Å². The molecule has 0 N–H and O–H groups in total. The summed E-state index contributed by atoms with van der Waals surface area (Å²) in [5, 5.41) is 0. The molecule has 1 aliphatic carbocycles. The molecule has 0 heterocycles. The molecule has 164 valence electrons. The summed E-state index contributed by atoms with van der Waals surface area (Å²) in [4.78, 5) is 27.9. The Morgan fingerprint density at radius 3 is 1.94 bits per heavy atom. The van der Waals surface area contributed by atoms with Crippen LogP contribution < -0.4 is 4.74 Å². The third kappa shape index (κ3) is 5.35. The van der Waals surface area contributed by atoms with Crippen LogP contribution in [0.1, 0.15) is 35.4 Å². The number of ether oxygens (including phenoxy) is 2. The number of benzene rings is 3. The zero-order valence-corrected chi connectivity index (χ0v) is 18.1. The Labute approximate surface area is 188 Å². The van der Waals surface area contributed by atoms with E-state index in [-0.39, 0.29) is 18.6 Å². The molecule has 0 bridgehead atoms. The first kappa shape index (κ1) is 21.6. The van der Waals surface area contributed by atoms with E-state index in [1.165, 1.54) is 0 Å². The summed E-state index contributed by atoms with van der Waals surface area (Å²) in [7, 11) is 1.63. The molecular weight excluding hydrogens is 402 g/mol. The number of carbonyl (C=O) groups is 2. The fourth-order valence-corrected chi connectivity index (χ4v) is 3.79. The van der Waals surface area contributed by atoms with Gasteiger partial charge in [0.2, 0.25) is 0 Å². The number of amides is 1. The van der Waals surface area contributed by atoms with E-state index < -0.39 is 11.9 Å². The van der Waals surface area contributed by atoms with Gasteiger partial charge in [-0.15, -0.1) is 0 Å². The number of nitrogens with zero attached hydrogens (tertiary/aromatic N) is 1. The van der Waals surface area contributed by atoms with Crippen LogP contribution in [-0.2, 0) is 20.9 Å². The summed E-state index contributed by atoms with van der Waals surface area (Å²) >= 11 is 0. The first-order valence-electron chi connectivity index (χ1n) is 10.8. The Bertz CT molecular complexity index is 991. The molecular formula is C27H27NO4. The van der Waals surface area contributed by atoms with Gasteiger partial charge in [-0.3, -0.25) is 9.59 Å². The number of hydrogen-bond donors (Lipinski definition) is 0. The molecule has 32 heavy (non-hydrogen) atoms. The quantitative estimate of drug-likeness (QED) is 0.468. The Balaban J connectivity index is 1.44. The van der Waals surface area contributed by atoms with Gasteiger partial charge in [0.1, 0.15) is 11.7 Å². The predicted molar refractivity (Wildman–Crippen MR) is 122 cm³/mol. The van der Waals surface area contributed by atoms with Crippen LogP contribution in [0.4, 0.5) is 0 Å². The second-order valence-corrected chi connectivity index (χ2v) is 7.96. The fraction of sp³-hybridized carbons (Fsp3) is 0.259. The second-order valence-electron chi connectivity index (χ2n) is 7.96. The van der Waals surface area contributed by atoms with Gasteiger partial charge in [0.25, 0.3) is 5.91 Å². The third-order valence-electron chi connectivity index (χ3n) is 5.66. The molecule has 0 unspecified atom stereocenters. The maximum atomic E-state index is 13.1. The first-order chi connectivity index (χ1) is 15.7. The summed E-state index contributed by atoms with van der Waals surface area (Å²) in [5.74, 6) is -0.381. The van der Waals surface area contributed by atoms with Crippen molar-refractivity contribution in [2.24, 2.45) is 0 Å². The highest BCUT2D eigenvalue weighted by Crippen LogP contribution is 2.30. The maximum absolute atomic E-state index is 13.1. The average molecular weight is 430 g/mol. The molecule has 0 aromatic heterocycles. The highest BCUT2D eigenvalue weighted by Gasteiger charge is 2.33. The minimum Gasteiger partial charge on any atom is -0.497 e. The minimum atomic E-state index is -0.568. The molecule has 0 radical (unpaired) electrons. The van der Waals surface area contributed by atoms with Crippen molar-refractivity contribution in [2.45, 2.75) is 31.3 Å². The van der Waals surface area contributed by atoms with Crippen molar-refractivity contribution in [1.29, 1.82) is 0 Å². The van der Waals surface area contributed by atoms with Gasteiger partial charge in [-0.05, 0) is 41.7 Å². The van der Waals surface area contributed by atoms with Crippen LogP contribution in [0.15, 0.2) is 84.9 Å². The summed E-state index contributed by atoms with van der Waals surface area (Å²) < 4.78 is 10.8. The van der Waals surface area contributed by atoms with Crippen molar-refractivity contribution < 1.29 is 19.1 Å². The van der Waals surface area contributed by atoms with E-state index >= 15 is 0 Å². The monoisotopic (exact) mass is 429 g/mol. The lowest BCUT2D eigenvalue weighted by Gasteiger charge is -2.23. The van der Waals surface area contributed by atoms with Crippen LogP contribution in [0.25, 0.3) is 0 Å². The van der Waals surface area contributed by atoms with E-state index in [2.05, 4.69) is 0 Å². The van der Waals surface area contributed by atoms with Gasteiger partial charge in [0.15, 0.2) is 6.61 Å². The molecule has 1 amide bonds. The summed E-state index contributed by atoms with van der Waals surface area (Å²) in [6.07, 6.45) is 1.96. The molecule has 4 rings (SSSR count). The van der Waals surface area contributed by atoms with Crippen molar-refractivity contribution >= 4 is 11.9 Å². The molecule has 5 heteroatoms. The number of esters is 1. The molecule has 5 nitrogen and oxygen atoms in total. The SMILES string of the molecule is COc1ccc(CN(C(=O)COC(=O)C(c2ccccc2)c2ccccc2)C2CC2)cc1. The Kier molecular flexibility index (Phi) is 6.85. The van der Waals surface area contributed by atoms with Gasteiger partial charge in [-0.25, -0.2) is 0 Å². The normalized spacial score (nSPS) is 12.9. The summed E-state index contributed by atoms with van der Waals surface area (Å²) in [6.45, 7) is 0.230. The maximum Gasteiger partial charge on any atom is 0.318 e. The lowest BCUT2D eigenvalue weighted by Crippen LogP contribution is -2.36. The van der Waals surface area contributed by atoms with Crippen LogP contribution in [0, 0.1) is 0 Å². The van der Waals surface area contributed by atoms with Crippen LogP contribution in [0.2, 0.25) is 0 Å². The molecule has 0 spiro atoms. The predicted octanol–water partition coefficient (Wildman–Crippen LogP) is 4.56. The van der Waals surface area contributed by atoms with E-state index in [0.29, 0.717) is 6.54 Å². The fourth-order valence-electron chi connectivity index (χ4n) is 3.79. The van der Waals surface area contributed by atoms with E-state index in [1.807, 2.05) is 89.8 Å². The smallest absolute Gasteiger partial charge is 0.318 e. The van der Waals surface area contributed by atoms with Gasteiger partial charge in [0.05, 0.1) is 7.11 Å². The van der Waals surface area contributed by atoms with Gasteiger partial charge in [-0.2, -0.15) is 0 Å². The average Bonchev–Trinajstić information content (AvgIpc) is 3.68. The summed E-state index contributed by atoms with van der Waals surface area (Å²) in [6, 6.07) is 26.9. The highest BCUT2D eigenvalue weighted by atomic mass is 16.5. The minimum absolute atomic E-state index is 0.170. The van der Waals surface area contributed by atoms with Crippen molar-refractivity contribution in [3.05, 3.63) is 102 Å². The highest BCUT2D eigenvalue weighted by molar-refractivity contribution is 5.86. The Hall–Kier alpha value is -3.60. The lowest BCUT2D eigenvalue weighted by molar-refractivity contribution is -0.153. The molecule has 1 fully saturated rings. The molecule has 3 aromatic carbocycles. The summed E-state index contributed by atoms with van der Waals surface area (Å²) in [5.41, 5.74) is 2.70. The van der Waals surface area contributed by atoms with E-state index in [4.69, 9.17) is 9.47 Å². The van der Waals surface area contributed by atoms with Crippen LogP contribution >= 0.6 is 0 Å². The molecule has 0 aliphatic heterocycles. The zero-order chi connectivity index (χ0) is 22.3.